The van der Waals surface area contributed by atoms with Crippen LogP contribution in [-0.2, 0) is 4.79 Å². The third-order valence-electron chi connectivity index (χ3n) is 4.39. The first-order chi connectivity index (χ1) is 13.1. The molecule has 1 fully saturated rings. The highest BCUT2D eigenvalue weighted by molar-refractivity contribution is 8.00. The normalized spacial score (nSPS) is 16.6. The number of aryl methyl sites for hydroxylation is 1. The van der Waals surface area contributed by atoms with E-state index in [1.165, 1.54) is 5.56 Å². The lowest BCUT2D eigenvalue weighted by Gasteiger charge is -2.24. The van der Waals surface area contributed by atoms with Gasteiger partial charge in [-0.25, -0.2) is 0 Å². The van der Waals surface area contributed by atoms with Gasteiger partial charge in [0.05, 0.1) is 5.75 Å². The van der Waals surface area contributed by atoms with Gasteiger partial charge in [-0.3, -0.25) is 9.69 Å². The highest BCUT2D eigenvalue weighted by Gasteiger charge is 2.33. The molecule has 1 heterocycles. The summed E-state index contributed by atoms with van der Waals surface area (Å²) in [5.74, 6) is 2.04. The Morgan fingerprint density at radius 2 is 1.52 bits per heavy atom. The molecule has 0 bridgehead atoms. The standard InChI is InChI=1S/C22H18ClNO2S/c1-15-2-4-16(5-3-15)22-24(21(25)14-27-22)18-8-12-20(13-9-18)26-19-10-6-17(23)7-11-19/h2-13,22H,14H2,1H3. The molecule has 4 rings (SSSR count). The second kappa shape index (κ2) is 7.67. The van der Waals surface area contributed by atoms with Crippen LogP contribution in [0.2, 0.25) is 5.02 Å². The van der Waals surface area contributed by atoms with Crippen molar-refractivity contribution in [2.45, 2.75) is 12.3 Å². The van der Waals surface area contributed by atoms with E-state index in [1.54, 1.807) is 23.9 Å². The highest BCUT2D eigenvalue weighted by atomic mass is 35.5. The molecule has 0 saturated carbocycles. The molecule has 3 aromatic rings. The maximum absolute atomic E-state index is 12.5. The number of anilines is 1. The van der Waals surface area contributed by atoms with Crippen LogP contribution in [-0.4, -0.2) is 11.7 Å². The molecule has 1 aliphatic rings. The Morgan fingerprint density at radius 1 is 0.926 bits per heavy atom. The second-order valence-electron chi connectivity index (χ2n) is 6.39. The summed E-state index contributed by atoms with van der Waals surface area (Å²) in [5, 5.41) is 0.672. The number of thioether (sulfide) groups is 1. The number of hydrogen-bond acceptors (Lipinski definition) is 3. The maximum Gasteiger partial charge on any atom is 0.238 e. The van der Waals surface area contributed by atoms with E-state index in [9.17, 15) is 4.79 Å². The van der Waals surface area contributed by atoms with Gasteiger partial charge in [-0.15, -0.1) is 11.8 Å². The molecule has 1 unspecified atom stereocenters. The smallest absolute Gasteiger partial charge is 0.238 e. The molecule has 1 saturated heterocycles. The molecule has 1 amide bonds. The van der Waals surface area contributed by atoms with Crippen LogP contribution in [0.3, 0.4) is 0 Å². The van der Waals surface area contributed by atoms with Crippen molar-refractivity contribution >= 4 is 35.0 Å². The van der Waals surface area contributed by atoms with Crippen LogP contribution >= 0.6 is 23.4 Å². The number of carbonyl (C=O) groups is 1. The number of hydrogen-bond donors (Lipinski definition) is 0. The van der Waals surface area contributed by atoms with Crippen molar-refractivity contribution in [2.24, 2.45) is 0 Å². The average molecular weight is 396 g/mol. The maximum atomic E-state index is 12.5. The fourth-order valence-electron chi connectivity index (χ4n) is 2.99. The minimum atomic E-state index is 0.00105. The predicted molar refractivity (Wildman–Crippen MR) is 112 cm³/mol. The van der Waals surface area contributed by atoms with Crippen molar-refractivity contribution in [1.82, 2.24) is 0 Å². The average Bonchev–Trinajstić information content (AvgIpc) is 3.06. The number of amides is 1. The number of benzene rings is 3. The monoisotopic (exact) mass is 395 g/mol. The van der Waals surface area contributed by atoms with Crippen LogP contribution in [0.25, 0.3) is 0 Å². The van der Waals surface area contributed by atoms with E-state index in [1.807, 2.05) is 41.3 Å². The van der Waals surface area contributed by atoms with Crippen molar-refractivity contribution in [3.8, 4) is 11.5 Å². The van der Waals surface area contributed by atoms with Gasteiger partial charge in [0.25, 0.3) is 0 Å². The van der Waals surface area contributed by atoms with Crippen LogP contribution in [0.5, 0.6) is 11.5 Å². The number of ether oxygens (including phenoxy) is 1. The Kier molecular flexibility index (Phi) is 5.10. The van der Waals surface area contributed by atoms with Gasteiger partial charge in [0.1, 0.15) is 16.9 Å². The zero-order valence-corrected chi connectivity index (χ0v) is 16.3. The van der Waals surface area contributed by atoms with Gasteiger partial charge in [0.15, 0.2) is 0 Å². The third-order valence-corrected chi connectivity index (χ3v) is 5.86. The Morgan fingerprint density at radius 3 is 2.15 bits per heavy atom. The van der Waals surface area contributed by atoms with E-state index in [2.05, 4.69) is 31.2 Å². The van der Waals surface area contributed by atoms with Crippen LogP contribution in [0.1, 0.15) is 16.5 Å². The topological polar surface area (TPSA) is 29.5 Å². The van der Waals surface area contributed by atoms with Gasteiger partial charge in [0.2, 0.25) is 5.91 Å². The summed E-state index contributed by atoms with van der Waals surface area (Å²) >= 11 is 7.55. The van der Waals surface area contributed by atoms with Gasteiger partial charge in [-0.1, -0.05) is 41.4 Å². The molecule has 5 heteroatoms. The first-order valence-corrected chi connectivity index (χ1v) is 10.1. The molecule has 0 aliphatic carbocycles. The Bertz CT molecular complexity index is 940. The van der Waals surface area contributed by atoms with Crippen molar-refractivity contribution in [3.63, 3.8) is 0 Å². The van der Waals surface area contributed by atoms with E-state index in [4.69, 9.17) is 16.3 Å². The highest BCUT2D eigenvalue weighted by Crippen LogP contribution is 2.42. The van der Waals surface area contributed by atoms with Gasteiger partial charge >= 0.3 is 0 Å². The molecule has 0 spiro atoms. The molecule has 136 valence electrons. The van der Waals surface area contributed by atoms with E-state index in [-0.39, 0.29) is 11.3 Å². The van der Waals surface area contributed by atoms with Crippen molar-refractivity contribution in [3.05, 3.63) is 88.9 Å². The first-order valence-electron chi connectivity index (χ1n) is 8.64. The Balaban J connectivity index is 1.55. The fourth-order valence-corrected chi connectivity index (χ4v) is 4.30. The van der Waals surface area contributed by atoms with E-state index in [0.717, 1.165) is 17.0 Å². The zero-order valence-electron chi connectivity index (χ0n) is 14.8. The molecular formula is C22H18ClNO2S. The molecule has 3 nitrogen and oxygen atoms in total. The Hall–Kier alpha value is -2.43. The zero-order chi connectivity index (χ0) is 18.8. The molecule has 0 aromatic heterocycles. The van der Waals surface area contributed by atoms with Crippen LogP contribution in [0, 0.1) is 6.92 Å². The summed E-state index contributed by atoms with van der Waals surface area (Å²) in [4.78, 5) is 14.4. The van der Waals surface area contributed by atoms with Gasteiger partial charge in [0, 0.05) is 10.7 Å². The molecule has 0 N–H and O–H groups in total. The Labute approximate surface area is 167 Å². The minimum absolute atomic E-state index is 0.00105. The van der Waals surface area contributed by atoms with E-state index in [0.29, 0.717) is 16.5 Å². The minimum Gasteiger partial charge on any atom is -0.457 e. The van der Waals surface area contributed by atoms with Gasteiger partial charge < -0.3 is 4.74 Å². The van der Waals surface area contributed by atoms with Crippen molar-refractivity contribution < 1.29 is 9.53 Å². The number of carbonyl (C=O) groups excluding carboxylic acids is 1. The number of nitrogens with zero attached hydrogens (tertiary/aromatic N) is 1. The summed E-state index contributed by atoms with van der Waals surface area (Å²) < 4.78 is 5.84. The lowest BCUT2D eigenvalue weighted by atomic mass is 10.1. The number of rotatable bonds is 4. The quantitative estimate of drug-likeness (QED) is 0.525. The van der Waals surface area contributed by atoms with Crippen LogP contribution < -0.4 is 9.64 Å². The SMILES string of the molecule is Cc1ccc(C2SCC(=O)N2c2ccc(Oc3ccc(Cl)cc3)cc2)cc1. The summed E-state index contributed by atoms with van der Waals surface area (Å²) in [6.07, 6.45) is 0. The largest absolute Gasteiger partial charge is 0.457 e. The lowest BCUT2D eigenvalue weighted by molar-refractivity contribution is -0.115. The third kappa shape index (κ3) is 3.97. The predicted octanol–water partition coefficient (Wildman–Crippen LogP) is 6.22. The molecule has 0 radical (unpaired) electrons. The number of halogens is 1. The summed E-state index contributed by atoms with van der Waals surface area (Å²) in [6.45, 7) is 2.06. The van der Waals surface area contributed by atoms with Crippen molar-refractivity contribution in [1.29, 1.82) is 0 Å². The summed E-state index contributed by atoms with van der Waals surface area (Å²) in [5.41, 5.74) is 3.22. The molecule has 27 heavy (non-hydrogen) atoms. The first kappa shape index (κ1) is 18.0. The second-order valence-corrected chi connectivity index (χ2v) is 7.89. The van der Waals surface area contributed by atoms with E-state index >= 15 is 0 Å². The van der Waals surface area contributed by atoms with Gasteiger partial charge in [-0.05, 0) is 61.0 Å². The van der Waals surface area contributed by atoms with Crippen molar-refractivity contribution in [2.75, 3.05) is 10.7 Å². The summed E-state index contributed by atoms with van der Waals surface area (Å²) in [7, 11) is 0. The molecular weight excluding hydrogens is 378 g/mol. The van der Waals surface area contributed by atoms with Crippen LogP contribution in [0.4, 0.5) is 5.69 Å². The molecule has 1 atom stereocenters. The molecule has 3 aromatic carbocycles. The van der Waals surface area contributed by atoms with E-state index < -0.39 is 0 Å². The van der Waals surface area contributed by atoms with Crippen LogP contribution in [0.15, 0.2) is 72.8 Å². The fraction of sp³-hybridized carbons (Fsp3) is 0.136. The van der Waals surface area contributed by atoms with Gasteiger partial charge in [-0.2, -0.15) is 0 Å². The molecule has 1 aliphatic heterocycles. The summed E-state index contributed by atoms with van der Waals surface area (Å²) in [6, 6.07) is 23.2. The lowest BCUT2D eigenvalue weighted by Crippen LogP contribution is -2.27.